The monoisotopic (exact) mass is 786 g/mol. The van der Waals surface area contributed by atoms with E-state index in [-0.39, 0.29) is 0 Å². The molecule has 1 heterocycles. The molecule has 62 heavy (non-hydrogen) atoms. The molecular formula is C60H38N2. The molecule has 0 spiro atoms. The third-order valence-electron chi connectivity index (χ3n) is 12.5. The fourth-order valence-corrected chi connectivity index (χ4v) is 9.35. The maximum Gasteiger partial charge on any atom is 0.160 e. The lowest BCUT2D eigenvalue weighted by molar-refractivity contribution is 1.18. The third kappa shape index (κ3) is 6.20. The van der Waals surface area contributed by atoms with Crippen LogP contribution in [0.4, 0.5) is 0 Å². The second-order valence-electron chi connectivity index (χ2n) is 16.1. The topological polar surface area (TPSA) is 25.8 Å². The lowest BCUT2D eigenvalue weighted by Crippen LogP contribution is -1.96. The van der Waals surface area contributed by atoms with Crippen LogP contribution in [-0.2, 0) is 0 Å². The number of benzene rings is 10. The largest absolute Gasteiger partial charge is 0.228 e. The Kier molecular flexibility index (Phi) is 8.53. The van der Waals surface area contributed by atoms with Crippen molar-refractivity contribution in [1.82, 2.24) is 9.97 Å². The highest BCUT2D eigenvalue weighted by atomic mass is 14.9. The standard InChI is InChI=1S/C60H38N2/c1-3-12-39(13-4-1)40-22-30-44(31-23-40)57-38-58(62-60(61-57)46-14-5-2-6-15-46)45-32-28-43(29-33-45)56-37-48-17-8-7-16-47(48)36-55(56)42-26-24-41(25-27-42)49-34-35-54-51-19-10-9-18-50(51)53-21-11-20-52(49)59(53)54/h1-38H. The molecule has 288 valence electrons. The summed E-state index contributed by atoms with van der Waals surface area (Å²) in [5, 5.41) is 5.08. The van der Waals surface area contributed by atoms with Crippen molar-refractivity contribution in [1.29, 1.82) is 0 Å². The van der Waals surface area contributed by atoms with Gasteiger partial charge in [-0.15, -0.1) is 0 Å². The Morgan fingerprint density at radius 3 is 1.19 bits per heavy atom. The van der Waals surface area contributed by atoms with E-state index in [9.17, 15) is 0 Å². The van der Waals surface area contributed by atoms with Gasteiger partial charge in [0.15, 0.2) is 5.82 Å². The van der Waals surface area contributed by atoms with Gasteiger partial charge in [-0.2, -0.15) is 0 Å². The fourth-order valence-electron chi connectivity index (χ4n) is 9.35. The minimum Gasteiger partial charge on any atom is -0.228 e. The zero-order valence-electron chi connectivity index (χ0n) is 33.8. The van der Waals surface area contributed by atoms with Crippen molar-refractivity contribution in [2.75, 3.05) is 0 Å². The van der Waals surface area contributed by atoms with Crippen LogP contribution in [0.3, 0.4) is 0 Å². The number of fused-ring (bicyclic) bond motifs is 4. The summed E-state index contributed by atoms with van der Waals surface area (Å²) < 4.78 is 0. The van der Waals surface area contributed by atoms with E-state index in [1.54, 1.807) is 0 Å². The van der Waals surface area contributed by atoms with Crippen molar-refractivity contribution in [3.63, 3.8) is 0 Å². The summed E-state index contributed by atoms with van der Waals surface area (Å²) in [5.74, 6) is 0.705. The van der Waals surface area contributed by atoms with Crippen molar-refractivity contribution in [3.05, 3.63) is 231 Å². The van der Waals surface area contributed by atoms with Gasteiger partial charge in [-0.3, -0.25) is 0 Å². The normalized spacial score (nSPS) is 11.5. The predicted octanol–water partition coefficient (Wildman–Crippen LogP) is 16.1. The summed E-state index contributed by atoms with van der Waals surface area (Å²) in [6.45, 7) is 0. The SMILES string of the molecule is c1ccc(-c2ccc(-c3cc(-c4ccc(-c5cc6ccccc6cc5-c5ccc(-c6ccc7c8c(cccc68)-c6ccccc6-7)cc5)cc4)nc(-c4ccccc4)n3)cc2)cc1. The van der Waals surface area contributed by atoms with E-state index in [4.69, 9.17) is 9.97 Å². The summed E-state index contributed by atoms with van der Waals surface area (Å²) in [4.78, 5) is 10.2. The van der Waals surface area contributed by atoms with Crippen LogP contribution in [-0.4, -0.2) is 9.97 Å². The van der Waals surface area contributed by atoms with Crippen LogP contribution in [0.25, 0.3) is 122 Å². The maximum absolute atomic E-state index is 5.14. The van der Waals surface area contributed by atoms with E-state index in [1.807, 2.05) is 24.3 Å². The van der Waals surface area contributed by atoms with Crippen LogP contribution in [0.5, 0.6) is 0 Å². The molecule has 1 aliphatic rings. The minimum absolute atomic E-state index is 0.705. The molecule has 1 aromatic heterocycles. The lowest BCUT2D eigenvalue weighted by atomic mass is 9.89. The van der Waals surface area contributed by atoms with E-state index in [0.717, 1.165) is 33.6 Å². The summed E-state index contributed by atoms with van der Waals surface area (Å²) in [6.07, 6.45) is 0. The van der Waals surface area contributed by atoms with Gasteiger partial charge in [0, 0.05) is 16.7 Å². The second-order valence-corrected chi connectivity index (χ2v) is 16.1. The van der Waals surface area contributed by atoms with Crippen LogP contribution in [0.2, 0.25) is 0 Å². The molecule has 0 radical (unpaired) electrons. The predicted molar refractivity (Wildman–Crippen MR) is 260 cm³/mol. The molecule has 0 unspecified atom stereocenters. The molecule has 0 bridgehead atoms. The molecule has 2 nitrogen and oxygen atoms in total. The van der Waals surface area contributed by atoms with Crippen LogP contribution in [0, 0.1) is 0 Å². The van der Waals surface area contributed by atoms with Crippen LogP contribution in [0.1, 0.15) is 0 Å². The number of nitrogens with zero attached hydrogens (tertiary/aromatic N) is 2. The Hall–Kier alpha value is -8.20. The molecule has 10 aromatic carbocycles. The number of hydrogen-bond donors (Lipinski definition) is 0. The minimum atomic E-state index is 0.705. The highest BCUT2D eigenvalue weighted by molar-refractivity contribution is 6.18. The van der Waals surface area contributed by atoms with E-state index >= 15 is 0 Å². The number of hydrogen-bond acceptors (Lipinski definition) is 2. The summed E-state index contributed by atoms with van der Waals surface area (Å²) in [6, 6.07) is 83.0. The summed E-state index contributed by atoms with van der Waals surface area (Å²) in [5.41, 5.74) is 19.7. The van der Waals surface area contributed by atoms with Gasteiger partial charge >= 0.3 is 0 Å². The Balaban J connectivity index is 0.914. The number of aromatic nitrogens is 2. The highest BCUT2D eigenvalue weighted by Gasteiger charge is 2.22. The Labute approximate surface area is 361 Å². The molecule has 0 fully saturated rings. The molecule has 1 aliphatic carbocycles. The van der Waals surface area contributed by atoms with Gasteiger partial charge in [0.05, 0.1) is 11.4 Å². The van der Waals surface area contributed by atoms with Crippen molar-refractivity contribution in [2.24, 2.45) is 0 Å². The van der Waals surface area contributed by atoms with Crippen molar-refractivity contribution >= 4 is 21.5 Å². The smallest absolute Gasteiger partial charge is 0.160 e. The zero-order chi connectivity index (χ0) is 41.0. The van der Waals surface area contributed by atoms with Gasteiger partial charge in [0.25, 0.3) is 0 Å². The quantitative estimate of drug-likeness (QED) is 0.161. The molecule has 12 rings (SSSR count). The zero-order valence-corrected chi connectivity index (χ0v) is 33.8. The van der Waals surface area contributed by atoms with Gasteiger partial charge < -0.3 is 0 Å². The maximum atomic E-state index is 5.14. The van der Waals surface area contributed by atoms with Crippen LogP contribution in [0.15, 0.2) is 231 Å². The average molecular weight is 787 g/mol. The van der Waals surface area contributed by atoms with Crippen LogP contribution < -0.4 is 0 Å². The fraction of sp³-hybridized carbons (Fsp3) is 0. The van der Waals surface area contributed by atoms with E-state index in [2.05, 4.69) is 206 Å². The molecule has 0 saturated heterocycles. The molecule has 0 aliphatic heterocycles. The second kappa shape index (κ2) is 14.8. The highest BCUT2D eigenvalue weighted by Crippen LogP contribution is 2.49. The third-order valence-corrected chi connectivity index (χ3v) is 12.5. The first-order chi connectivity index (χ1) is 30.7. The first-order valence-electron chi connectivity index (χ1n) is 21.2. The molecule has 0 N–H and O–H groups in total. The lowest BCUT2D eigenvalue weighted by Gasteiger charge is -2.15. The van der Waals surface area contributed by atoms with E-state index < -0.39 is 0 Å². The molecular weight excluding hydrogens is 749 g/mol. The molecule has 11 aromatic rings. The van der Waals surface area contributed by atoms with E-state index in [0.29, 0.717) is 5.82 Å². The Morgan fingerprint density at radius 1 is 0.226 bits per heavy atom. The Bertz CT molecular complexity index is 3430. The van der Waals surface area contributed by atoms with Crippen LogP contribution >= 0.6 is 0 Å². The molecule has 0 saturated carbocycles. The van der Waals surface area contributed by atoms with Gasteiger partial charge in [-0.25, -0.2) is 9.97 Å². The average Bonchev–Trinajstić information content (AvgIpc) is 3.69. The number of rotatable bonds is 7. The molecule has 0 amide bonds. The van der Waals surface area contributed by atoms with E-state index in [1.165, 1.54) is 82.7 Å². The molecule has 2 heteroatoms. The van der Waals surface area contributed by atoms with Crippen molar-refractivity contribution in [2.45, 2.75) is 0 Å². The first kappa shape index (κ1) is 35.7. The van der Waals surface area contributed by atoms with Gasteiger partial charge in [0.1, 0.15) is 0 Å². The van der Waals surface area contributed by atoms with Crippen molar-refractivity contribution in [3.8, 4) is 101 Å². The van der Waals surface area contributed by atoms with Gasteiger partial charge in [-0.1, -0.05) is 212 Å². The summed E-state index contributed by atoms with van der Waals surface area (Å²) >= 11 is 0. The Morgan fingerprint density at radius 2 is 0.629 bits per heavy atom. The first-order valence-corrected chi connectivity index (χ1v) is 21.2. The molecule has 0 atom stereocenters. The summed E-state index contributed by atoms with van der Waals surface area (Å²) in [7, 11) is 0. The van der Waals surface area contributed by atoms with Crippen molar-refractivity contribution < 1.29 is 0 Å². The van der Waals surface area contributed by atoms with Gasteiger partial charge in [-0.05, 0) is 107 Å². The van der Waals surface area contributed by atoms with Gasteiger partial charge in [0.2, 0.25) is 0 Å².